The third-order valence-corrected chi connectivity index (χ3v) is 4.15. The molecular weight excluding hydrogens is 304 g/mol. The number of morpholine rings is 1. The van der Waals surface area contributed by atoms with Crippen molar-refractivity contribution in [2.45, 2.75) is 12.6 Å². The van der Waals surface area contributed by atoms with Crippen molar-refractivity contribution < 1.29 is 14.3 Å². The summed E-state index contributed by atoms with van der Waals surface area (Å²) >= 11 is 0. The number of carbonyl (C=O) groups is 2. The number of hydrogen-bond acceptors (Lipinski definition) is 3. The predicted octanol–water partition coefficient (Wildman–Crippen LogP) is 2.08. The highest BCUT2D eigenvalue weighted by Crippen LogP contribution is 2.19. The van der Waals surface area contributed by atoms with Crippen molar-refractivity contribution in [1.29, 1.82) is 0 Å². The van der Waals surface area contributed by atoms with Crippen LogP contribution in [0, 0.1) is 0 Å². The molecule has 1 atom stereocenters. The summed E-state index contributed by atoms with van der Waals surface area (Å²) in [5.41, 5.74) is 1.79. The average molecular weight is 324 g/mol. The quantitative estimate of drug-likeness (QED) is 0.865. The number of likely N-dealkylation sites (N-methyl/N-ethyl adjacent to an activating group) is 1. The standard InChI is InChI=1S/C19H20N2O3/c1-20(16-10-6-3-7-11-16)19(23)17-13-24-14-18(22)21(17)12-15-8-4-2-5-9-15/h2-11,17H,12-14H2,1H3/t17-/m1/s1. The largest absolute Gasteiger partial charge is 0.369 e. The predicted molar refractivity (Wildman–Crippen MR) is 91.5 cm³/mol. The van der Waals surface area contributed by atoms with Gasteiger partial charge in [0.15, 0.2) is 0 Å². The minimum Gasteiger partial charge on any atom is -0.369 e. The summed E-state index contributed by atoms with van der Waals surface area (Å²) in [6, 6.07) is 18.4. The fourth-order valence-electron chi connectivity index (χ4n) is 2.79. The van der Waals surface area contributed by atoms with Crippen LogP contribution in [0.2, 0.25) is 0 Å². The highest BCUT2D eigenvalue weighted by atomic mass is 16.5. The Morgan fingerprint density at radius 2 is 1.75 bits per heavy atom. The first kappa shape index (κ1) is 16.2. The first-order valence-corrected chi connectivity index (χ1v) is 7.90. The fraction of sp³-hybridized carbons (Fsp3) is 0.263. The molecule has 1 fully saturated rings. The van der Waals surface area contributed by atoms with Crippen LogP contribution in [0.5, 0.6) is 0 Å². The van der Waals surface area contributed by atoms with Crippen molar-refractivity contribution in [2.75, 3.05) is 25.2 Å². The van der Waals surface area contributed by atoms with Gasteiger partial charge in [-0.25, -0.2) is 0 Å². The van der Waals surface area contributed by atoms with E-state index in [0.717, 1.165) is 11.3 Å². The molecule has 0 aromatic heterocycles. The molecular formula is C19H20N2O3. The molecule has 0 unspecified atom stereocenters. The summed E-state index contributed by atoms with van der Waals surface area (Å²) in [6.07, 6.45) is 0. The van der Waals surface area contributed by atoms with Crippen molar-refractivity contribution in [3.63, 3.8) is 0 Å². The number of para-hydroxylation sites is 1. The van der Waals surface area contributed by atoms with Gasteiger partial charge in [0.1, 0.15) is 12.6 Å². The second-order valence-corrected chi connectivity index (χ2v) is 5.77. The first-order chi connectivity index (χ1) is 11.7. The van der Waals surface area contributed by atoms with Gasteiger partial charge in [-0.1, -0.05) is 48.5 Å². The van der Waals surface area contributed by atoms with E-state index in [4.69, 9.17) is 4.74 Å². The number of hydrogen-bond donors (Lipinski definition) is 0. The second kappa shape index (κ2) is 7.27. The highest BCUT2D eigenvalue weighted by molar-refractivity contribution is 5.99. The third-order valence-electron chi connectivity index (χ3n) is 4.15. The zero-order chi connectivity index (χ0) is 16.9. The number of anilines is 1. The maximum absolute atomic E-state index is 12.9. The molecule has 124 valence electrons. The van der Waals surface area contributed by atoms with E-state index < -0.39 is 6.04 Å². The number of carbonyl (C=O) groups excluding carboxylic acids is 2. The molecule has 2 aromatic carbocycles. The van der Waals surface area contributed by atoms with Crippen molar-refractivity contribution in [1.82, 2.24) is 4.90 Å². The van der Waals surface area contributed by atoms with Gasteiger partial charge in [0.25, 0.3) is 5.91 Å². The molecule has 0 bridgehead atoms. The van der Waals surface area contributed by atoms with Gasteiger partial charge in [-0.15, -0.1) is 0 Å². The smallest absolute Gasteiger partial charge is 0.251 e. The topological polar surface area (TPSA) is 49.9 Å². The Morgan fingerprint density at radius 3 is 2.42 bits per heavy atom. The number of amides is 2. The Hall–Kier alpha value is -2.66. The molecule has 2 amide bonds. The van der Waals surface area contributed by atoms with Crippen LogP contribution in [0.25, 0.3) is 0 Å². The van der Waals surface area contributed by atoms with Crippen LogP contribution in [0.15, 0.2) is 60.7 Å². The molecule has 0 aliphatic carbocycles. The molecule has 1 saturated heterocycles. The summed E-state index contributed by atoms with van der Waals surface area (Å²) < 4.78 is 5.33. The molecule has 1 heterocycles. The lowest BCUT2D eigenvalue weighted by atomic mass is 10.1. The molecule has 2 aromatic rings. The Kier molecular flexibility index (Phi) is 4.91. The summed E-state index contributed by atoms with van der Waals surface area (Å²) in [6.45, 7) is 0.641. The van der Waals surface area contributed by atoms with Gasteiger partial charge in [0.2, 0.25) is 5.91 Å². The van der Waals surface area contributed by atoms with Crippen molar-refractivity contribution in [3.8, 4) is 0 Å². The first-order valence-electron chi connectivity index (χ1n) is 7.90. The molecule has 1 aliphatic rings. The van der Waals surface area contributed by atoms with E-state index in [1.165, 1.54) is 0 Å². The number of nitrogens with zero attached hydrogens (tertiary/aromatic N) is 2. The van der Waals surface area contributed by atoms with E-state index in [0.29, 0.717) is 6.54 Å². The lowest BCUT2D eigenvalue weighted by molar-refractivity contribution is -0.154. The molecule has 3 rings (SSSR count). The zero-order valence-electron chi connectivity index (χ0n) is 13.6. The van der Waals surface area contributed by atoms with Gasteiger partial charge >= 0.3 is 0 Å². The summed E-state index contributed by atoms with van der Waals surface area (Å²) in [5, 5.41) is 0. The van der Waals surface area contributed by atoms with Crippen LogP contribution < -0.4 is 4.90 Å². The van der Waals surface area contributed by atoms with Gasteiger partial charge in [0, 0.05) is 19.3 Å². The van der Waals surface area contributed by atoms with Gasteiger partial charge in [-0.3, -0.25) is 9.59 Å². The number of ether oxygens (including phenoxy) is 1. The molecule has 5 nitrogen and oxygen atoms in total. The minimum atomic E-state index is -0.614. The van der Waals surface area contributed by atoms with E-state index in [9.17, 15) is 9.59 Å². The molecule has 5 heteroatoms. The zero-order valence-corrected chi connectivity index (χ0v) is 13.6. The average Bonchev–Trinajstić information content (AvgIpc) is 2.64. The van der Waals surface area contributed by atoms with Crippen molar-refractivity contribution in [2.24, 2.45) is 0 Å². The molecule has 24 heavy (non-hydrogen) atoms. The molecule has 0 radical (unpaired) electrons. The van der Waals surface area contributed by atoms with E-state index >= 15 is 0 Å². The summed E-state index contributed by atoms with van der Waals surface area (Å²) in [7, 11) is 1.72. The Labute approximate surface area is 141 Å². The SMILES string of the molecule is CN(C(=O)[C@H]1COCC(=O)N1Cc1ccccc1)c1ccccc1. The molecule has 0 N–H and O–H groups in total. The van der Waals surface area contributed by atoms with Crippen LogP contribution in [0.4, 0.5) is 5.69 Å². The van der Waals surface area contributed by atoms with Crippen LogP contribution in [-0.4, -0.2) is 43.0 Å². The van der Waals surface area contributed by atoms with Crippen LogP contribution in [0.3, 0.4) is 0 Å². The monoisotopic (exact) mass is 324 g/mol. The van der Waals surface area contributed by atoms with Crippen LogP contribution in [-0.2, 0) is 20.9 Å². The lowest BCUT2D eigenvalue weighted by Crippen LogP contribution is -2.56. The molecule has 0 saturated carbocycles. The van der Waals surface area contributed by atoms with Gasteiger partial charge < -0.3 is 14.5 Å². The van der Waals surface area contributed by atoms with Crippen molar-refractivity contribution in [3.05, 3.63) is 66.2 Å². The maximum atomic E-state index is 12.9. The van der Waals surface area contributed by atoms with Crippen LogP contribution in [0.1, 0.15) is 5.56 Å². The summed E-state index contributed by atoms with van der Waals surface area (Å²) in [4.78, 5) is 28.4. The Bertz CT molecular complexity index is 703. The Balaban J connectivity index is 1.80. The van der Waals surface area contributed by atoms with E-state index in [1.54, 1.807) is 16.8 Å². The third kappa shape index (κ3) is 3.46. The van der Waals surface area contributed by atoms with Gasteiger partial charge in [0.05, 0.1) is 6.61 Å². The van der Waals surface area contributed by atoms with Crippen LogP contribution >= 0.6 is 0 Å². The normalized spacial score (nSPS) is 17.6. The Morgan fingerprint density at radius 1 is 1.12 bits per heavy atom. The second-order valence-electron chi connectivity index (χ2n) is 5.77. The van der Waals surface area contributed by atoms with Gasteiger partial charge in [-0.2, -0.15) is 0 Å². The fourth-order valence-corrected chi connectivity index (χ4v) is 2.79. The number of benzene rings is 2. The molecule has 0 spiro atoms. The summed E-state index contributed by atoms with van der Waals surface area (Å²) in [5.74, 6) is -0.310. The highest BCUT2D eigenvalue weighted by Gasteiger charge is 2.35. The van der Waals surface area contributed by atoms with E-state index in [2.05, 4.69) is 0 Å². The van der Waals surface area contributed by atoms with Gasteiger partial charge in [-0.05, 0) is 17.7 Å². The maximum Gasteiger partial charge on any atom is 0.251 e. The minimum absolute atomic E-state index is 0.0195. The van der Waals surface area contributed by atoms with E-state index in [1.807, 2.05) is 60.7 Å². The van der Waals surface area contributed by atoms with E-state index in [-0.39, 0.29) is 25.0 Å². The van der Waals surface area contributed by atoms with Crippen molar-refractivity contribution >= 4 is 17.5 Å². The lowest BCUT2D eigenvalue weighted by Gasteiger charge is -2.36. The molecule has 1 aliphatic heterocycles. The number of rotatable bonds is 4.